The molecule has 0 aliphatic heterocycles. The lowest BCUT2D eigenvalue weighted by atomic mass is 10.1. The van der Waals surface area contributed by atoms with Gasteiger partial charge in [0.05, 0.1) is 11.4 Å². The molecule has 28 heavy (non-hydrogen) atoms. The Labute approximate surface area is 166 Å². The van der Waals surface area contributed by atoms with E-state index in [0.29, 0.717) is 6.54 Å². The molecule has 0 unspecified atom stereocenters. The SMILES string of the molecule is CCc1ccccc1OCC(=O)NCCc1ccc(-n2nc(C)cc2C)cc1. The first-order valence-electron chi connectivity index (χ1n) is 9.67. The highest BCUT2D eigenvalue weighted by atomic mass is 16.5. The van der Waals surface area contributed by atoms with Crippen molar-refractivity contribution in [2.24, 2.45) is 0 Å². The Bertz CT molecular complexity index is 929. The number of carbonyl (C=O) groups excluding carboxylic acids is 1. The summed E-state index contributed by atoms with van der Waals surface area (Å²) >= 11 is 0. The molecule has 0 spiro atoms. The number of para-hydroxylation sites is 1. The molecule has 0 aliphatic rings. The molecule has 146 valence electrons. The first kappa shape index (κ1) is 19.7. The fraction of sp³-hybridized carbons (Fsp3) is 0.304. The third-order valence-electron chi connectivity index (χ3n) is 4.64. The van der Waals surface area contributed by atoms with Gasteiger partial charge in [0.15, 0.2) is 6.61 Å². The van der Waals surface area contributed by atoms with E-state index in [9.17, 15) is 4.79 Å². The van der Waals surface area contributed by atoms with Crippen LogP contribution >= 0.6 is 0 Å². The van der Waals surface area contributed by atoms with Crippen LogP contribution in [0.4, 0.5) is 0 Å². The third-order valence-corrected chi connectivity index (χ3v) is 4.64. The van der Waals surface area contributed by atoms with Crippen LogP contribution in [0.1, 0.15) is 29.4 Å². The van der Waals surface area contributed by atoms with Crippen LogP contribution in [0.25, 0.3) is 5.69 Å². The summed E-state index contributed by atoms with van der Waals surface area (Å²) in [6.07, 6.45) is 1.65. The zero-order valence-corrected chi connectivity index (χ0v) is 16.7. The first-order chi connectivity index (χ1) is 13.6. The molecule has 1 N–H and O–H groups in total. The number of carbonyl (C=O) groups is 1. The van der Waals surface area contributed by atoms with Gasteiger partial charge in [-0.2, -0.15) is 5.10 Å². The van der Waals surface area contributed by atoms with Crippen molar-refractivity contribution in [3.8, 4) is 11.4 Å². The topological polar surface area (TPSA) is 56.1 Å². The lowest BCUT2D eigenvalue weighted by Crippen LogP contribution is -2.30. The van der Waals surface area contributed by atoms with E-state index in [4.69, 9.17) is 4.74 Å². The first-order valence-corrected chi connectivity index (χ1v) is 9.67. The van der Waals surface area contributed by atoms with E-state index < -0.39 is 0 Å². The standard InChI is InChI=1S/C23H27N3O2/c1-4-20-7-5-6-8-22(20)28-16-23(27)24-14-13-19-9-11-21(12-10-19)26-18(3)15-17(2)25-26/h5-12,15H,4,13-14,16H2,1-3H3,(H,24,27). The maximum Gasteiger partial charge on any atom is 0.257 e. The van der Waals surface area contributed by atoms with Crippen molar-refractivity contribution in [1.29, 1.82) is 0 Å². The monoisotopic (exact) mass is 377 g/mol. The average molecular weight is 377 g/mol. The van der Waals surface area contributed by atoms with Gasteiger partial charge < -0.3 is 10.1 Å². The summed E-state index contributed by atoms with van der Waals surface area (Å²) in [4.78, 5) is 12.0. The third kappa shape index (κ3) is 5.00. The predicted molar refractivity (Wildman–Crippen MR) is 111 cm³/mol. The minimum absolute atomic E-state index is 0.0356. The van der Waals surface area contributed by atoms with E-state index in [1.165, 1.54) is 5.56 Å². The van der Waals surface area contributed by atoms with Crippen LogP contribution in [0, 0.1) is 13.8 Å². The Morgan fingerprint density at radius 3 is 2.54 bits per heavy atom. The molecule has 1 amide bonds. The maximum absolute atomic E-state index is 12.0. The van der Waals surface area contributed by atoms with Gasteiger partial charge in [0, 0.05) is 12.2 Å². The van der Waals surface area contributed by atoms with Gasteiger partial charge in [0.25, 0.3) is 5.91 Å². The van der Waals surface area contributed by atoms with E-state index in [1.807, 2.05) is 42.8 Å². The van der Waals surface area contributed by atoms with Gasteiger partial charge >= 0.3 is 0 Å². The smallest absolute Gasteiger partial charge is 0.257 e. The molecule has 2 aromatic carbocycles. The number of aryl methyl sites for hydroxylation is 3. The lowest BCUT2D eigenvalue weighted by molar-refractivity contribution is -0.123. The predicted octanol–water partition coefficient (Wildman–Crippen LogP) is 3.79. The summed E-state index contributed by atoms with van der Waals surface area (Å²) in [5.41, 5.74) is 5.44. The molecule has 0 radical (unpaired) electrons. The fourth-order valence-electron chi connectivity index (χ4n) is 3.17. The molecular weight excluding hydrogens is 350 g/mol. The Hall–Kier alpha value is -3.08. The number of benzene rings is 2. The van der Waals surface area contributed by atoms with Crippen molar-refractivity contribution in [1.82, 2.24) is 15.1 Å². The summed E-state index contributed by atoms with van der Waals surface area (Å²) in [5, 5.41) is 7.42. The average Bonchev–Trinajstić information content (AvgIpc) is 3.05. The fourth-order valence-corrected chi connectivity index (χ4v) is 3.17. The molecule has 1 heterocycles. The highest BCUT2D eigenvalue weighted by molar-refractivity contribution is 5.77. The summed E-state index contributed by atoms with van der Waals surface area (Å²) < 4.78 is 7.59. The number of hydrogen-bond donors (Lipinski definition) is 1. The van der Waals surface area contributed by atoms with Crippen molar-refractivity contribution in [2.45, 2.75) is 33.6 Å². The number of ether oxygens (including phenoxy) is 1. The summed E-state index contributed by atoms with van der Waals surface area (Å²) in [6.45, 7) is 6.72. The molecular formula is C23H27N3O2. The summed E-state index contributed by atoms with van der Waals surface area (Å²) in [6, 6.07) is 18.1. The molecule has 5 heteroatoms. The molecule has 3 rings (SSSR count). The number of rotatable bonds is 8. The van der Waals surface area contributed by atoms with Gasteiger partial charge in [-0.3, -0.25) is 4.79 Å². The maximum atomic E-state index is 12.0. The van der Waals surface area contributed by atoms with Crippen LogP contribution in [0.3, 0.4) is 0 Å². The molecule has 0 atom stereocenters. The van der Waals surface area contributed by atoms with Crippen LogP contribution in [-0.4, -0.2) is 28.8 Å². The number of aromatic nitrogens is 2. The molecule has 0 saturated heterocycles. The summed E-state index contributed by atoms with van der Waals surface area (Å²) in [5.74, 6) is 0.671. The van der Waals surface area contributed by atoms with Crippen LogP contribution in [0.15, 0.2) is 54.6 Å². The minimum atomic E-state index is -0.106. The van der Waals surface area contributed by atoms with Crippen molar-refractivity contribution in [2.75, 3.05) is 13.2 Å². The molecule has 0 saturated carbocycles. The number of nitrogens with zero attached hydrogens (tertiary/aromatic N) is 2. The van der Waals surface area contributed by atoms with Gasteiger partial charge in [0.2, 0.25) is 0 Å². The summed E-state index contributed by atoms with van der Waals surface area (Å²) in [7, 11) is 0. The molecule has 3 aromatic rings. The Morgan fingerprint density at radius 1 is 1.11 bits per heavy atom. The van der Waals surface area contributed by atoms with Crippen LogP contribution < -0.4 is 10.1 Å². The largest absolute Gasteiger partial charge is 0.483 e. The van der Waals surface area contributed by atoms with Crippen molar-refractivity contribution in [3.63, 3.8) is 0 Å². The van der Waals surface area contributed by atoms with Crippen LogP contribution in [0.5, 0.6) is 5.75 Å². The van der Waals surface area contributed by atoms with Crippen molar-refractivity contribution < 1.29 is 9.53 Å². The number of nitrogens with one attached hydrogen (secondary N) is 1. The second kappa shape index (κ2) is 9.22. The molecule has 0 bridgehead atoms. The van der Waals surface area contributed by atoms with E-state index >= 15 is 0 Å². The molecule has 5 nitrogen and oxygen atoms in total. The second-order valence-electron chi connectivity index (χ2n) is 6.86. The van der Waals surface area contributed by atoms with Gasteiger partial charge in [-0.1, -0.05) is 37.3 Å². The van der Waals surface area contributed by atoms with E-state index in [0.717, 1.165) is 41.2 Å². The van der Waals surface area contributed by atoms with Crippen LogP contribution in [-0.2, 0) is 17.6 Å². The normalized spacial score (nSPS) is 10.7. The Balaban J connectivity index is 1.45. The van der Waals surface area contributed by atoms with Gasteiger partial charge in [-0.05, 0) is 62.1 Å². The van der Waals surface area contributed by atoms with Gasteiger partial charge in [0.1, 0.15) is 5.75 Å². The van der Waals surface area contributed by atoms with Crippen molar-refractivity contribution >= 4 is 5.91 Å². The highest BCUT2D eigenvalue weighted by Crippen LogP contribution is 2.18. The number of hydrogen-bond acceptors (Lipinski definition) is 3. The molecule has 0 aliphatic carbocycles. The van der Waals surface area contributed by atoms with E-state index in [-0.39, 0.29) is 12.5 Å². The van der Waals surface area contributed by atoms with Gasteiger partial charge in [-0.15, -0.1) is 0 Å². The van der Waals surface area contributed by atoms with E-state index in [1.54, 1.807) is 0 Å². The van der Waals surface area contributed by atoms with Crippen molar-refractivity contribution in [3.05, 3.63) is 77.1 Å². The minimum Gasteiger partial charge on any atom is -0.483 e. The Morgan fingerprint density at radius 2 is 1.86 bits per heavy atom. The molecule has 0 fully saturated rings. The van der Waals surface area contributed by atoms with Gasteiger partial charge in [-0.25, -0.2) is 4.68 Å². The number of amides is 1. The quantitative estimate of drug-likeness (QED) is 0.650. The van der Waals surface area contributed by atoms with E-state index in [2.05, 4.69) is 47.7 Å². The highest BCUT2D eigenvalue weighted by Gasteiger charge is 2.06. The second-order valence-corrected chi connectivity index (χ2v) is 6.86. The lowest BCUT2D eigenvalue weighted by Gasteiger charge is -2.11. The Kier molecular flexibility index (Phi) is 6.48. The zero-order valence-electron chi connectivity index (χ0n) is 16.7. The molecule has 1 aromatic heterocycles. The zero-order chi connectivity index (χ0) is 19.9. The van der Waals surface area contributed by atoms with Crippen LogP contribution in [0.2, 0.25) is 0 Å².